The zero-order valence-electron chi connectivity index (χ0n) is 12.5. The molecule has 0 unspecified atom stereocenters. The van der Waals surface area contributed by atoms with Gasteiger partial charge in [0.1, 0.15) is 0 Å². The highest BCUT2D eigenvalue weighted by molar-refractivity contribution is 5.84. The summed E-state index contributed by atoms with van der Waals surface area (Å²) in [6, 6.07) is 4.01. The molecule has 0 bridgehead atoms. The van der Waals surface area contributed by atoms with Crippen LogP contribution in [0.5, 0.6) is 0 Å². The Labute approximate surface area is 125 Å². The molecule has 0 aromatic carbocycles. The Kier molecular flexibility index (Phi) is 4.22. The molecule has 5 heteroatoms. The van der Waals surface area contributed by atoms with E-state index < -0.39 is 0 Å². The van der Waals surface area contributed by atoms with E-state index in [1.165, 1.54) is 5.56 Å². The molecule has 2 aliphatic rings. The lowest BCUT2D eigenvalue weighted by molar-refractivity contribution is -0.141. The Morgan fingerprint density at radius 2 is 2.52 bits per heavy atom. The van der Waals surface area contributed by atoms with E-state index in [4.69, 9.17) is 4.74 Å². The molecule has 0 radical (unpaired) electrons. The van der Waals surface area contributed by atoms with Gasteiger partial charge in [-0.3, -0.25) is 9.78 Å². The number of fused-ring (bicyclic) bond motifs is 1. The maximum absolute atomic E-state index is 12.6. The second kappa shape index (κ2) is 6.12. The molecule has 1 aromatic heterocycles. The minimum Gasteiger partial charge on any atom is -0.380 e. The van der Waals surface area contributed by atoms with Crippen LogP contribution in [-0.4, -0.2) is 43.7 Å². The summed E-state index contributed by atoms with van der Waals surface area (Å²) in [6.45, 7) is 5.63. The van der Waals surface area contributed by atoms with E-state index in [9.17, 15) is 4.79 Å². The first-order valence-corrected chi connectivity index (χ1v) is 7.70. The number of aryl methyl sites for hydroxylation is 1. The number of amides is 1. The van der Waals surface area contributed by atoms with Gasteiger partial charge in [-0.15, -0.1) is 0 Å². The van der Waals surface area contributed by atoms with E-state index in [0.717, 1.165) is 38.2 Å². The second-order valence-corrected chi connectivity index (χ2v) is 6.08. The number of ether oxygens (including phenoxy) is 1. The Balaban J connectivity index is 1.58. The lowest BCUT2D eigenvalue weighted by Gasteiger charge is -2.36. The predicted molar refractivity (Wildman–Crippen MR) is 79.9 cm³/mol. The highest BCUT2D eigenvalue weighted by Gasteiger charge is 2.50. The van der Waals surface area contributed by atoms with Crippen LogP contribution in [0.15, 0.2) is 18.3 Å². The average Bonchev–Trinajstić information content (AvgIpc) is 2.94. The van der Waals surface area contributed by atoms with Gasteiger partial charge in [-0.05, 0) is 43.9 Å². The summed E-state index contributed by atoms with van der Waals surface area (Å²) in [5.41, 5.74) is 1.87. The largest absolute Gasteiger partial charge is 0.380 e. The number of carbonyl (C=O) groups is 1. The second-order valence-electron chi connectivity index (χ2n) is 6.08. The number of hydrogen-bond donors (Lipinski definition) is 2. The number of carbonyl (C=O) groups excluding carboxylic acids is 1. The SMILES string of the molecule is Cc1ncccc1CCNC(=O)[C@]12CNC[C@H]1CCOC2. The van der Waals surface area contributed by atoms with Crippen LogP contribution in [-0.2, 0) is 16.0 Å². The molecule has 3 heterocycles. The van der Waals surface area contributed by atoms with Gasteiger partial charge in [-0.1, -0.05) is 6.07 Å². The van der Waals surface area contributed by atoms with Gasteiger partial charge in [0.25, 0.3) is 0 Å². The highest BCUT2D eigenvalue weighted by Crippen LogP contribution is 2.37. The fraction of sp³-hybridized carbons (Fsp3) is 0.625. The van der Waals surface area contributed by atoms with Crippen LogP contribution in [0, 0.1) is 18.3 Å². The number of nitrogens with zero attached hydrogens (tertiary/aromatic N) is 1. The van der Waals surface area contributed by atoms with Crippen molar-refractivity contribution in [3.63, 3.8) is 0 Å². The van der Waals surface area contributed by atoms with E-state index in [2.05, 4.69) is 21.7 Å². The molecule has 2 aliphatic heterocycles. The van der Waals surface area contributed by atoms with Crippen LogP contribution in [0.3, 0.4) is 0 Å². The minimum absolute atomic E-state index is 0.138. The van der Waals surface area contributed by atoms with E-state index in [1.807, 2.05) is 13.0 Å². The monoisotopic (exact) mass is 289 g/mol. The summed E-state index contributed by atoms with van der Waals surface area (Å²) in [6.07, 6.45) is 3.59. The zero-order valence-corrected chi connectivity index (χ0v) is 12.5. The molecule has 2 saturated heterocycles. The van der Waals surface area contributed by atoms with Gasteiger partial charge in [0, 0.05) is 31.6 Å². The van der Waals surface area contributed by atoms with Crippen LogP contribution in [0.1, 0.15) is 17.7 Å². The number of nitrogens with one attached hydrogen (secondary N) is 2. The average molecular weight is 289 g/mol. The van der Waals surface area contributed by atoms with Crippen molar-refractivity contribution in [2.45, 2.75) is 19.8 Å². The molecular formula is C16H23N3O2. The first-order chi connectivity index (χ1) is 10.2. The number of hydrogen-bond acceptors (Lipinski definition) is 4. The summed E-state index contributed by atoms with van der Waals surface area (Å²) in [4.78, 5) is 16.9. The standard InChI is InChI=1S/C16H23N3O2/c1-12-13(3-2-6-18-12)4-7-19-15(20)16-10-17-9-14(16)5-8-21-11-16/h2-3,6,14,17H,4-5,7-11H2,1H3,(H,19,20)/t14-,16+/m1/s1. The molecule has 5 nitrogen and oxygen atoms in total. The molecule has 2 fully saturated rings. The van der Waals surface area contributed by atoms with Gasteiger partial charge >= 0.3 is 0 Å². The number of rotatable bonds is 4. The Morgan fingerprint density at radius 3 is 3.38 bits per heavy atom. The molecule has 1 aromatic rings. The van der Waals surface area contributed by atoms with Gasteiger partial charge in [0.05, 0.1) is 12.0 Å². The van der Waals surface area contributed by atoms with Crippen molar-refractivity contribution in [1.29, 1.82) is 0 Å². The molecule has 1 amide bonds. The van der Waals surface area contributed by atoms with Gasteiger partial charge < -0.3 is 15.4 Å². The van der Waals surface area contributed by atoms with Crippen molar-refractivity contribution in [3.05, 3.63) is 29.6 Å². The summed E-state index contributed by atoms with van der Waals surface area (Å²) < 4.78 is 5.58. The highest BCUT2D eigenvalue weighted by atomic mass is 16.5. The normalized spacial score (nSPS) is 28.1. The van der Waals surface area contributed by atoms with E-state index in [-0.39, 0.29) is 11.3 Å². The Morgan fingerprint density at radius 1 is 1.62 bits per heavy atom. The number of pyridine rings is 1. The van der Waals surface area contributed by atoms with Crippen LogP contribution < -0.4 is 10.6 Å². The topological polar surface area (TPSA) is 63.2 Å². The van der Waals surface area contributed by atoms with Crippen LogP contribution in [0.4, 0.5) is 0 Å². The van der Waals surface area contributed by atoms with E-state index in [1.54, 1.807) is 6.20 Å². The summed E-state index contributed by atoms with van der Waals surface area (Å²) in [5.74, 6) is 0.546. The van der Waals surface area contributed by atoms with Gasteiger partial charge in [0.15, 0.2) is 0 Å². The van der Waals surface area contributed by atoms with Crippen molar-refractivity contribution < 1.29 is 9.53 Å². The van der Waals surface area contributed by atoms with E-state index in [0.29, 0.717) is 19.1 Å². The van der Waals surface area contributed by atoms with Crippen LogP contribution >= 0.6 is 0 Å². The zero-order chi connectivity index (χ0) is 14.7. The van der Waals surface area contributed by atoms with Crippen LogP contribution in [0.2, 0.25) is 0 Å². The van der Waals surface area contributed by atoms with Crippen molar-refractivity contribution in [2.24, 2.45) is 11.3 Å². The first-order valence-electron chi connectivity index (χ1n) is 7.70. The van der Waals surface area contributed by atoms with Gasteiger partial charge in [-0.25, -0.2) is 0 Å². The van der Waals surface area contributed by atoms with Crippen LogP contribution in [0.25, 0.3) is 0 Å². The van der Waals surface area contributed by atoms with Crippen molar-refractivity contribution >= 4 is 5.91 Å². The molecule has 0 aliphatic carbocycles. The molecule has 2 atom stereocenters. The molecule has 114 valence electrons. The minimum atomic E-state index is -0.359. The molecule has 3 rings (SSSR count). The lowest BCUT2D eigenvalue weighted by atomic mass is 9.75. The third-order valence-corrected chi connectivity index (χ3v) is 4.83. The van der Waals surface area contributed by atoms with Crippen molar-refractivity contribution in [1.82, 2.24) is 15.6 Å². The third-order valence-electron chi connectivity index (χ3n) is 4.83. The van der Waals surface area contributed by atoms with Gasteiger partial charge in [0.2, 0.25) is 5.91 Å². The van der Waals surface area contributed by atoms with Gasteiger partial charge in [-0.2, -0.15) is 0 Å². The Bertz CT molecular complexity index is 520. The van der Waals surface area contributed by atoms with Crippen molar-refractivity contribution in [2.75, 3.05) is 32.8 Å². The lowest BCUT2D eigenvalue weighted by Crippen LogP contribution is -2.52. The van der Waals surface area contributed by atoms with Crippen molar-refractivity contribution in [3.8, 4) is 0 Å². The summed E-state index contributed by atoms with van der Waals surface area (Å²) >= 11 is 0. The fourth-order valence-electron chi connectivity index (χ4n) is 3.44. The molecule has 0 saturated carbocycles. The summed E-state index contributed by atoms with van der Waals surface area (Å²) in [7, 11) is 0. The predicted octanol–water partition coefficient (Wildman–Crippen LogP) is 0.675. The van der Waals surface area contributed by atoms with E-state index >= 15 is 0 Å². The maximum atomic E-state index is 12.6. The molecule has 2 N–H and O–H groups in total. The molecule has 21 heavy (non-hydrogen) atoms. The smallest absolute Gasteiger partial charge is 0.230 e. The molecular weight excluding hydrogens is 266 g/mol. The third kappa shape index (κ3) is 2.80. The quantitative estimate of drug-likeness (QED) is 0.855. The molecule has 0 spiro atoms. The Hall–Kier alpha value is -1.46. The summed E-state index contributed by atoms with van der Waals surface area (Å²) in [5, 5.41) is 6.46. The maximum Gasteiger partial charge on any atom is 0.230 e. The number of aromatic nitrogens is 1. The fourth-order valence-corrected chi connectivity index (χ4v) is 3.44. The first kappa shape index (κ1) is 14.5.